The molecule has 1 aromatic heterocycles. The standard InChI is InChI=1S/C11H9BrF3N3/c12-8-4-17-18(6-8)5-7-1-2-9(16)3-10(7)11(13,14)15/h1-4,6H,5,16H2. The van der Waals surface area contributed by atoms with E-state index in [0.717, 1.165) is 6.07 Å². The number of nitrogen functional groups attached to an aromatic ring is 1. The van der Waals surface area contributed by atoms with Crippen LogP contribution in [-0.2, 0) is 12.7 Å². The van der Waals surface area contributed by atoms with Crippen molar-refractivity contribution in [3.05, 3.63) is 46.2 Å². The molecule has 1 heterocycles. The second kappa shape index (κ2) is 4.64. The van der Waals surface area contributed by atoms with Crippen molar-refractivity contribution in [2.24, 2.45) is 0 Å². The highest BCUT2D eigenvalue weighted by atomic mass is 79.9. The first-order chi connectivity index (χ1) is 8.36. The van der Waals surface area contributed by atoms with Gasteiger partial charge in [-0.3, -0.25) is 4.68 Å². The molecular weight excluding hydrogens is 311 g/mol. The summed E-state index contributed by atoms with van der Waals surface area (Å²) < 4.78 is 40.7. The quantitative estimate of drug-likeness (QED) is 0.863. The van der Waals surface area contributed by atoms with Gasteiger partial charge >= 0.3 is 6.18 Å². The minimum Gasteiger partial charge on any atom is -0.399 e. The number of aromatic nitrogens is 2. The Balaban J connectivity index is 2.38. The largest absolute Gasteiger partial charge is 0.416 e. The SMILES string of the molecule is Nc1ccc(Cn2cc(Br)cn2)c(C(F)(F)F)c1. The maximum absolute atomic E-state index is 12.8. The van der Waals surface area contributed by atoms with E-state index < -0.39 is 11.7 Å². The maximum Gasteiger partial charge on any atom is 0.416 e. The molecule has 96 valence electrons. The second-order valence-corrected chi connectivity index (χ2v) is 4.69. The molecule has 0 saturated carbocycles. The monoisotopic (exact) mass is 319 g/mol. The fourth-order valence-corrected chi connectivity index (χ4v) is 1.92. The summed E-state index contributed by atoms with van der Waals surface area (Å²) in [7, 11) is 0. The van der Waals surface area contributed by atoms with E-state index in [-0.39, 0.29) is 17.8 Å². The van der Waals surface area contributed by atoms with Crippen LogP contribution in [0, 0.1) is 0 Å². The zero-order valence-electron chi connectivity index (χ0n) is 9.08. The molecule has 0 radical (unpaired) electrons. The number of nitrogens with two attached hydrogens (primary N) is 1. The van der Waals surface area contributed by atoms with Gasteiger partial charge in [0.25, 0.3) is 0 Å². The third kappa shape index (κ3) is 2.84. The fraction of sp³-hybridized carbons (Fsp3) is 0.182. The van der Waals surface area contributed by atoms with Crippen molar-refractivity contribution in [3.63, 3.8) is 0 Å². The van der Waals surface area contributed by atoms with E-state index in [2.05, 4.69) is 21.0 Å². The molecule has 2 N–H and O–H groups in total. The number of alkyl halides is 3. The third-order valence-electron chi connectivity index (χ3n) is 2.37. The normalized spacial score (nSPS) is 11.8. The van der Waals surface area contributed by atoms with Crippen LogP contribution in [-0.4, -0.2) is 9.78 Å². The Bertz CT molecular complexity index is 563. The fourth-order valence-electron chi connectivity index (χ4n) is 1.60. The van der Waals surface area contributed by atoms with Crippen LogP contribution < -0.4 is 5.73 Å². The van der Waals surface area contributed by atoms with E-state index in [9.17, 15) is 13.2 Å². The van der Waals surface area contributed by atoms with Crippen molar-refractivity contribution in [3.8, 4) is 0 Å². The van der Waals surface area contributed by atoms with Crippen molar-refractivity contribution in [2.75, 3.05) is 5.73 Å². The van der Waals surface area contributed by atoms with Gasteiger partial charge in [-0.2, -0.15) is 18.3 Å². The molecule has 2 aromatic rings. The molecule has 0 unspecified atom stereocenters. The summed E-state index contributed by atoms with van der Waals surface area (Å²) in [5, 5.41) is 3.93. The molecule has 1 aromatic carbocycles. The van der Waals surface area contributed by atoms with E-state index in [1.807, 2.05) is 0 Å². The minimum absolute atomic E-state index is 0.0424. The molecule has 0 bridgehead atoms. The summed E-state index contributed by atoms with van der Waals surface area (Å²) in [6.45, 7) is 0.0424. The average Bonchev–Trinajstić information content (AvgIpc) is 2.65. The van der Waals surface area contributed by atoms with E-state index in [1.54, 1.807) is 6.20 Å². The first kappa shape index (κ1) is 12.9. The van der Waals surface area contributed by atoms with Crippen LogP contribution in [0.4, 0.5) is 18.9 Å². The number of hydrogen-bond acceptors (Lipinski definition) is 2. The van der Waals surface area contributed by atoms with Crippen molar-refractivity contribution in [2.45, 2.75) is 12.7 Å². The van der Waals surface area contributed by atoms with Gasteiger partial charge in [-0.05, 0) is 33.6 Å². The van der Waals surface area contributed by atoms with Gasteiger partial charge in [0.1, 0.15) is 0 Å². The summed E-state index contributed by atoms with van der Waals surface area (Å²) in [5.41, 5.74) is 4.89. The molecule has 18 heavy (non-hydrogen) atoms. The van der Waals surface area contributed by atoms with E-state index in [4.69, 9.17) is 5.73 Å². The molecule has 0 aliphatic carbocycles. The molecule has 0 aliphatic rings. The average molecular weight is 320 g/mol. The predicted octanol–water partition coefficient (Wildman–Crippen LogP) is 3.29. The maximum atomic E-state index is 12.8. The lowest BCUT2D eigenvalue weighted by atomic mass is 10.1. The lowest BCUT2D eigenvalue weighted by Gasteiger charge is -2.13. The van der Waals surface area contributed by atoms with Crippen LogP contribution >= 0.6 is 15.9 Å². The molecule has 0 atom stereocenters. The Labute approximate surface area is 110 Å². The first-order valence-corrected chi connectivity index (χ1v) is 5.79. The van der Waals surface area contributed by atoms with Crippen molar-refractivity contribution < 1.29 is 13.2 Å². The minimum atomic E-state index is -4.42. The summed E-state index contributed by atoms with van der Waals surface area (Å²) in [5.74, 6) is 0. The Hall–Kier alpha value is -1.50. The summed E-state index contributed by atoms with van der Waals surface area (Å²) in [6.07, 6.45) is -1.30. The Morgan fingerprint density at radius 1 is 1.33 bits per heavy atom. The van der Waals surface area contributed by atoms with Gasteiger partial charge in [0, 0.05) is 11.9 Å². The van der Waals surface area contributed by atoms with Crippen LogP contribution in [0.25, 0.3) is 0 Å². The Morgan fingerprint density at radius 3 is 2.61 bits per heavy atom. The smallest absolute Gasteiger partial charge is 0.399 e. The Morgan fingerprint density at radius 2 is 2.06 bits per heavy atom. The van der Waals surface area contributed by atoms with Gasteiger partial charge in [0.05, 0.1) is 22.8 Å². The zero-order chi connectivity index (χ0) is 13.3. The van der Waals surface area contributed by atoms with E-state index >= 15 is 0 Å². The molecular formula is C11H9BrF3N3. The summed E-state index contributed by atoms with van der Waals surface area (Å²) in [4.78, 5) is 0. The van der Waals surface area contributed by atoms with Gasteiger partial charge in [0.2, 0.25) is 0 Å². The molecule has 0 spiro atoms. The molecule has 0 saturated heterocycles. The molecule has 0 aliphatic heterocycles. The van der Waals surface area contributed by atoms with Crippen LogP contribution in [0.5, 0.6) is 0 Å². The van der Waals surface area contributed by atoms with Crippen LogP contribution in [0.1, 0.15) is 11.1 Å². The Kier molecular flexibility index (Phi) is 3.34. The topological polar surface area (TPSA) is 43.8 Å². The van der Waals surface area contributed by atoms with Crippen molar-refractivity contribution >= 4 is 21.6 Å². The number of hydrogen-bond donors (Lipinski definition) is 1. The molecule has 0 amide bonds. The number of nitrogens with zero attached hydrogens (tertiary/aromatic N) is 2. The number of halogens is 4. The summed E-state index contributed by atoms with van der Waals surface area (Å²) >= 11 is 3.19. The van der Waals surface area contributed by atoms with Crippen molar-refractivity contribution in [1.29, 1.82) is 0 Å². The predicted molar refractivity (Wildman–Crippen MR) is 64.9 cm³/mol. The van der Waals surface area contributed by atoms with Crippen LogP contribution in [0.2, 0.25) is 0 Å². The summed E-state index contributed by atoms with van der Waals surface area (Å²) in [6, 6.07) is 3.75. The van der Waals surface area contributed by atoms with Crippen molar-refractivity contribution in [1.82, 2.24) is 9.78 Å². The number of benzene rings is 1. The van der Waals surface area contributed by atoms with Crippen LogP contribution in [0.3, 0.4) is 0 Å². The van der Waals surface area contributed by atoms with Gasteiger partial charge in [-0.1, -0.05) is 6.07 Å². The highest BCUT2D eigenvalue weighted by Crippen LogP contribution is 2.33. The van der Waals surface area contributed by atoms with E-state index in [1.165, 1.54) is 23.0 Å². The lowest BCUT2D eigenvalue weighted by molar-refractivity contribution is -0.138. The molecule has 7 heteroatoms. The van der Waals surface area contributed by atoms with E-state index in [0.29, 0.717) is 4.47 Å². The van der Waals surface area contributed by atoms with Crippen LogP contribution in [0.15, 0.2) is 35.1 Å². The number of anilines is 1. The van der Waals surface area contributed by atoms with Gasteiger partial charge in [-0.25, -0.2) is 0 Å². The zero-order valence-corrected chi connectivity index (χ0v) is 10.7. The third-order valence-corrected chi connectivity index (χ3v) is 2.78. The lowest BCUT2D eigenvalue weighted by Crippen LogP contribution is -2.12. The molecule has 2 rings (SSSR count). The first-order valence-electron chi connectivity index (χ1n) is 5.00. The highest BCUT2D eigenvalue weighted by Gasteiger charge is 2.33. The second-order valence-electron chi connectivity index (χ2n) is 3.77. The highest BCUT2D eigenvalue weighted by molar-refractivity contribution is 9.10. The number of rotatable bonds is 2. The van der Waals surface area contributed by atoms with Gasteiger partial charge in [-0.15, -0.1) is 0 Å². The van der Waals surface area contributed by atoms with Gasteiger partial charge < -0.3 is 5.73 Å². The molecule has 0 fully saturated rings. The molecule has 3 nitrogen and oxygen atoms in total. The van der Waals surface area contributed by atoms with Gasteiger partial charge in [0.15, 0.2) is 0 Å².